The fourth-order valence-electron chi connectivity index (χ4n) is 2.50. The number of benzene rings is 2. The summed E-state index contributed by atoms with van der Waals surface area (Å²) >= 11 is 0. The van der Waals surface area contributed by atoms with Gasteiger partial charge in [0, 0.05) is 0 Å². The molecule has 1 aliphatic rings. The summed E-state index contributed by atoms with van der Waals surface area (Å²) in [5.74, 6) is 0.821. The Morgan fingerprint density at radius 2 is 2.00 bits per heavy atom. The smallest absolute Gasteiger partial charge is 0.120 e. The summed E-state index contributed by atoms with van der Waals surface area (Å²) in [7, 11) is 0. The fraction of sp³-hybridized carbons (Fsp3) is 0.235. The number of aryl methyl sites for hydroxylation is 1. The number of aliphatic hydroxyl groups excluding tert-OH is 1. The molecule has 3 rings (SSSR count). The first kappa shape index (κ1) is 12.7. The first-order valence-electron chi connectivity index (χ1n) is 6.69. The third-order valence-corrected chi connectivity index (χ3v) is 3.65. The van der Waals surface area contributed by atoms with Gasteiger partial charge in [-0.1, -0.05) is 18.2 Å². The first-order valence-corrected chi connectivity index (χ1v) is 6.69. The molecule has 0 aromatic heterocycles. The Hall–Kier alpha value is -2.31. The summed E-state index contributed by atoms with van der Waals surface area (Å²) in [6.07, 6.45) is 1.39. The Morgan fingerprint density at radius 3 is 2.75 bits per heavy atom. The molecule has 100 valence electrons. The third kappa shape index (κ3) is 2.52. The number of nitriles is 1. The van der Waals surface area contributed by atoms with Gasteiger partial charge in [-0.25, -0.2) is 0 Å². The van der Waals surface area contributed by atoms with E-state index >= 15 is 0 Å². The van der Waals surface area contributed by atoms with E-state index in [1.54, 1.807) is 12.1 Å². The molecule has 0 radical (unpaired) electrons. The zero-order valence-electron chi connectivity index (χ0n) is 11.0. The van der Waals surface area contributed by atoms with Gasteiger partial charge in [0.15, 0.2) is 0 Å². The Morgan fingerprint density at radius 1 is 1.20 bits per heavy atom. The van der Waals surface area contributed by atoms with Crippen LogP contribution in [0.3, 0.4) is 0 Å². The van der Waals surface area contributed by atoms with Crippen LogP contribution in [0.5, 0.6) is 5.75 Å². The lowest BCUT2D eigenvalue weighted by atomic mass is 10.1. The molecular formula is C17H15NO2. The van der Waals surface area contributed by atoms with Gasteiger partial charge in [-0.3, -0.25) is 0 Å². The molecule has 20 heavy (non-hydrogen) atoms. The van der Waals surface area contributed by atoms with Crippen LogP contribution in [0.2, 0.25) is 0 Å². The SMILES string of the molecule is N#Cc1ccc(COc2ccc3c(c2)CC[C@H]3O)cc1. The lowest BCUT2D eigenvalue weighted by Gasteiger charge is -2.09. The molecule has 0 saturated carbocycles. The largest absolute Gasteiger partial charge is 0.489 e. The number of nitrogens with zero attached hydrogens (tertiary/aromatic N) is 1. The van der Waals surface area contributed by atoms with E-state index in [1.165, 1.54) is 5.56 Å². The lowest BCUT2D eigenvalue weighted by Crippen LogP contribution is -1.97. The van der Waals surface area contributed by atoms with Crippen molar-refractivity contribution in [3.05, 3.63) is 64.7 Å². The number of hydrogen-bond acceptors (Lipinski definition) is 3. The first-order chi connectivity index (χ1) is 9.76. The highest BCUT2D eigenvalue weighted by molar-refractivity contribution is 5.40. The molecule has 0 bridgehead atoms. The number of fused-ring (bicyclic) bond motifs is 1. The Kier molecular flexibility index (Phi) is 3.41. The summed E-state index contributed by atoms with van der Waals surface area (Å²) in [6.45, 7) is 0.479. The molecule has 2 aromatic carbocycles. The zero-order chi connectivity index (χ0) is 13.9. The van der Waals surface area contributed by atoms with Gasteiger partial charge in [-0.05, 0) is 53.8 Å². The second kappa shape index (κ2) is 5.36. The molecule has 0 unspecified atom stereocenters. The fourth-order valence-corrected chi connectivity index (χ4v) is 2.50. The monoisotopic (exact) mass is 265 g/mol. The highest BCUT2D eigenvalue weighted by Crippen LogP contribution is 2.33. The van der Waals surface area contributed by atoms with Gasteiger partial charge in [-0.15, -0.1) is 0 Å². The predicted octanol–water partition coefficient (Wildman–Crippen LogP) is 3.12. The molecule has 0 amide bonds. The van der Waals surface area contributed by atoms with Crippen LogP contribution in [0.15, 0.2) is 42.5 Å². The van der Waals surface area contributed by atoms with Crippen LogP contribution < -0.4 is 4.74 Å². The van der Waals surface area contributed by atoms with Crippen LogP contribution in [0, 0.1) is 11.3 Å². The van der Waals surface area contributed by atoms with Crippen molar-refractivity contribution in [3.8, 4) is 11.8 Å². The maximum atomic E-state index is 9.76. The molecule has 0 aliphatic heterocycles. The van der Waals surface area contributed by atoms with E-state index in [9.17, 15) is 5.11 Å². The van der Waals surface area contributed by atoms with Gasteiger partial charge in [0.05, 0.1) is 17.7 Å². The summed E-state index contributed by atoms with van der Waals surface area (Å²) in [4.78, 5) is 0. The standard InChI is InChI=1S/C17H15NO2/c18-10-12-1-3-13(4-2-12)11-20-15-6-7-16-14(9-15)5-8-17(16)19/h1-4,6-7,9,17,19H,5,8,11H2/t17-/m1/s1. The van der Waals surface area contributed by atoms with Crippen molar-refractivity contribution in [3.63, 3.8) is 0 Å². The Labute approximate surface area is 118 Å². The molecule has 0 heterocycles. The number of rotatable bonds is 3. The van der Waals surface area contributed by atoms with E-state index in [-0.39, 0.29) is 6.10 Å². The van der Waals surface area contributed by atoms with E-state index in [0.717, 1.165) is 29.7 Å². The highest BCUT2D eigenvalue weighted by Gasteiger charge is 2.20. The Balaban J connectivity index is 1.68. The summed E-state index contributed by atoms with van der Waals surface area (Å²) in [5, 5.41) is 18.5. The van der Waals surface area contributed by atoms with Crippen LogP contribution in [0.4, 0.5) is 0 Å². The second-order valence-electron chi connectivity index (χ2n) is 5.01. The van der Waals surface area contributed by atoms with Crippen molar-refractivity contribution in [2.75, 3.05) is 0 Å². The van der Waals surface area contributed by atoms with Crippen molar-refractivity contribution < 1.29 is 9.84 Å². The molecular weight excluding hydrogens is 250 g/mol. The molecule has 2 aromatic rings. The van der Waals surface area contributed by atoms with Crippen molar-refractivity contribution in [1.29, 1.82) is 5.26 Å². The lowest BCUT2D eigenvalue weighted by molar-refractivity contribution is 0.180. The summed E-state index contributed by atoms with van der Waals surface area (Å²) in [5.41, 5.74) is 3.88. The number of ether oxygens (including phenoxy) is 1. The van der Waals surface area contributed by atoms with Crippen molar-refractivity contribution in [2.45, 2.75) is 25.6 Å². The van der Waals surface area contributed by atoms with Gasteiger partial charge < -0.3 is 9.84 Å². The molecule has 0 saturated heterocycles. The molecule has 1 atom stereocenters. The minimum Gasteiger partial charge on any atom is -0.489 e. The van der Waals surface area contributed by atoms with E-state index in [2.05, 4.69) is 6.07 Å². The van der Waals surface area contributed by atoms with Crippen LogP contribution in [0.25, 0.3) is 0 Å². The van der Waals surface area contributed by atoms with E-state index in [4.69, 9.17) is 10.00 Å². The number of aliphatic hydroxyl groups is 1. The summed E-state index contributed by atoms with van der Waals surface area (Å²) < 4.78 is 5.76. The van der Waals surface area contributed by atoms with Crippen LogP contribution in [0.1, 0.15) is 34.8 Å². The molecule has 0 spiro atoms. The maximum Gasteiger partial charge on any atom is 0.120 e. The topological polar surface area (TPSA) is 53.2 Å². The van der Waals surface area contributed by atoms with Crippen LogP contribution >= 0.6 is 0 Å². The summed E-state index contributed by atoms with van der Waals surface area (Å²) in [6, 6.07) is 15.3. The van der Waals surface area contributed by atoms with Gasteiger partial charge in [0.1, 0.15) is 12.4 Å². The molecule has 1 N–H and O–H groups in total. The zero-order valence-corrected chi connectivity index (χ0v) is 11.0. The van der Waals surface area contributed by atoms with Crippen molar-refractivity contribution >= 4 is 0 Å². The van der Waals surface area contributed by atoms with Gasteiger partial charge in [0.25, 0.3) is 0 Å². The molecule has 3 nitrogen and oxygen atoms in total. The maximum absolute atomic E-state index is 9.76. The third-order valence-electron chi connectivity index (χ3n) is 3.65. The van der Waals surface area contributed by atoms with Gasteiger partial charge >= 0.3 is 0 Å². The normalized spacial score (nSPS) is 16.5. The predicted molar refractivity (Wildman–Crippen MR) is 75.2 cm³/mol. The average molecular weight is 265 g/mol. The molecule has 0 fully saturated rings. The number of hydrogen-bond donors (Lipinski definition) is 1. The Bertz CT molecular complexity index is 656. The minimum atomic E-state index is -0.322. The molecule has 3 heteroatoms. The van der Waals surface area contributed by atoms with Gasteiger partial charge in [0.2, 0.25) is 0 Å². The average Bonchev–Trinajstić information content (AvgIpc) is 2.87. The van der Waals surface area contributed by atoms with Crippen LogP contribution in [-0.4, -0.2) is 5.11 Å². The van der Waals surface area contributed by atoms with Gasteiger partial charge in [-0.2, -0.15) is 5.26 Å². The quantitative estimate of drug-likeness (QED) is 0.927. The second-order valence-corrected chi connectivity index (χ2v) is 5.01. The van der Waals surface area contributed by atoms with E-state index in [1.807, 2.05) is 30.3 Å². The van der Waals surface area contributed by atoms with E-state index in [0.29, 0.717) is 12.2 Å². The van der Waals surface area contributed by atoms with Crippen molar-refractivity contribution in [1.82, 2.24) is 0 Å². The van der Waals surface area contributed by atoms with E-state index < -0.39 is 0 Å². The molecule has 1 aliphatic carbocycles. The highest BCUT2D eigenvalue weighted by atomic mass is 16.5. The van der Waals surface area contributed by atoms with Crippen molar-refractivity contribution in [2.24, 2.45) is 0 Å². The minimum absolute atomic E-state index is 0.322. The van der Waals surface area contributed by atoms with Crippen LogP contribution in [-0.2, 0) is 13.0 Å².